The fourth-order valence-electron chi connectivity index (χ4n) is 3.03. The van der Waals surface area contributed by atoms with Gasteiger partial charge in [0.2, 0.25) is 5.91 Å². The van der Waals surface area contributed by atoms with E-state index in [-0.39, 0.29) is 11.8 Å². The highest BCUT2D eigenvalue weighted by Crippen LogP contribution is 2.33. The number of nitrogens with zero attached hydrogens (tertiary/aromatic N) is 2. The second-order valence-electron chi connectivity index (χ2n) is 5.96. The molecule has 0 bridgehead atoms. The SMILES string of the molecule is CC(=O)N1CCCN(C(=O)c2cc3c(cc2C)OCCO3)CC1. The van der Waals surface area contributed by atoms with Crippen molar-refractivity contribution in [3.05, 3.63) is 23.3 Å². The van der Waals surface area contributed by atoms with Gasteiger partial charge in [0, 0.05) is 38.7 Å². The van der Waals surface area contributed by atoms with E-state index in [1.807, 2.05) is 17.9 Å². The topological polar surface area (TPSA) is 59.1 Å². The summed E-state index contributed by atoms with van der Waals surface area (Å²) in [6.07, 6.45) is 0.801. The molecule has 0 unspecified atom stereocenters. The van der Waals surface area contributed by atoms with Crippen molar-refractivity contribution in [3.63, 3.8) is 0 Å². The molecule has 0 atom stereocenters. The molecular formula is C17H22N2O4. The van der Waals surface area contributed by atoms with Gasteiger partial charge in [-0.05, 0) is 31.0 Å². The predicted molar refractivity (Wildman–Crippen MR) is 84.9 cm³/mol. The lowest BCUT2D eigenvalue weighted by atomic mass is 10.1. The number of hydrogen-bond acceptors (Lipinski definition) is 4. The van der Waals surface area contributed by atoms with Gasteiger partial charge in [0.25, 0.3) is 5.91 Å². The summed E-state index contributed by atoms with van der Waals surface area (Å²) in [5.74, 6) is 1.38. The second-order valence-corrected chi connectivity index (χ2v) is 5.96. The van der Waals surface area contributed by atoms with Crippen LogP contribution < -0.4 is 9.47 Å². The van der Waals surface area contributed by atoms with Crippen LogP contribution in [0.1, 0.15) is 29.3 Å². The molecule has 1 aromatic rings. The Hall–Kier alpha value is -2.24. The van der Waals surface area contributed by atoms with Crippen molar-refractivity contribution in [3.8, 4) is 11.5 Å². The molecule has 124 valence electrons. The molecule has 0 aliphatic carbocycles. The van der Waals surface area contributed by atoms with Crippen molar-refractivity contribution in [1.82, 2.24) is 9.80 Å². The number of carbonyl (C=O) groups excluding carboxylic acids is 2. The van der Waals surface area contributed by atoms with E-state index in [0.717, 1.165) is 12.0 Å². The number of hydrogen-bond donors (Lipinski definition) is 0. The van der Waals surface area contributed by atoms with Crippen LogP contribution in [0.15, 0.2) is 12.1 Å². The Kier molecular flexibility index (Phi) is 4.41. The Morgan fingerprint density at radius 2 is 1.57 bits per heavy atom. The van der Waals surface area contributed by atoms with Gasteiger partial charge in [-0.2, -0.15) is 0 Å². The van der Waals surface area contributed by atoms with Gasteiger partial charge in [-0.1, -0.05) is 0 Å². The number of ether oxygens (including phenoxy) is 2. The van der Waals surface area contributed by atoms with E-state index in [0.29, 0.717) is 56.5 Å². The third-order valence-corrected chi connectivity index (χ3v) is 4.35. The number of aryl methyl sites for hydroxylation is 1. The molecule has 2 heterocycles. The Labute approximate surface area is 136 Å². The standard InChI is InChI=1S/C17H22N2O4/c1-12-10-15-16(23-9-8-22-15)11-14(12)17(21)19-5-3-4-18(6-7-19)13(2)20/h10-11H,3-9H2,1-2H3. The first-order chi connectivity index (χ1) is 11.1. The van der Waals surface area contributed by atoms with Gasteiger partial charge >= 0.3 is 0 Å². The van der Waals surface area contributed by atoms with E-state index < -0.39 is 0 Å². The maximum absolute atomic E-state index is 12.9. The lowest BCUT2D eigenvalue weighted by Crippen LogP contribution is -2.36. The highest BCUT2D eigenvalue weighted by molar-refractivity contribution is 5.96. The van der Waals surface area contributed by atoms with Crippen LogP contribution >= 0.6 is 0 Å². The molecule has 1 aromatic carbocycles. The third kappa shape index (κ3) is 3.25. The summed E-state index contributed by atoms with van der Waals surface area (Å²) in [4.78, 5) is 28.0. The summed E-state index contributed by atoms with van der Waals surface area (Å²) >= 11 is 0. The first-order valence-corrected chi connectivity index (χ1v) is 8.01. The molecule has 0 N–H and O–H groups in total. The largest absolute Gasteiger partial charge is 0.486 e. The highest BCUT2D eigenvalue weighted by Gasteiger charge is 2.24. The highest BCUT2D eigenvalue weighted by atomic mass is 16.6. The molecule has 23 heavy (non-hydrogen) atoms. The number of carbonyl (C=O) groups is 2. The first-order valence-electron chi connectivity index (χ1n) is 8.01. The van der Waals surface area contributed by atoms with Crippen molar-refractivity contribution in [1.29, 1.82) is 0 Å². The van der Waals surface area contributed by atoms with E-state index >= 15 is 0 Å². The van der Waals surface area contributed by atoms with Crippen molar-refractivity contribution in [2.45, 2.75) is 20.3 Å². The summed E-state index contributed by atoms with van der Waals surface area (Å²) in [5, 5.41) is 0. The number of rotatable bonds is 1. The zero-order valence-corrected chi connectivity index (χ0v) is 13.6. The minimum Gasteiger partial charge on any atom is -0.486 e. The summed E-state index contributed by atoms with van der Waals surface area (Å²) < 4.78 is 11.1. The monoisotopic (exact) mass is 318 g/mol. The zero-order chi connectivity index (χ0) is 16.4. The predicted octanol–water partition coefficient (Wildman–Crippen LogP) is 1.46. The molecule has 0 aromatic heterocycles. The Morgan fingerprint density at radius 1 is 0.957 bits per heavy atom. The van der Waals surface area contributed by atoms with Gasteiger partial charge in [-0.25, -0.2) is 0 Å². The molecule has 2 aliphatic heterocycles. The van der Waals surface area contributed by atoms with E-state index in [9.17, 15) is 9.59 Å². The molecule has 2 amide bonds. The minimum absolute atomic E-state index is 0.00937. The maximum atomic E-state index is 12.9. The normalized spacial score (nSPS) is 17.7. The lowest BCUT2D eigenvalue weighted by molar-refractivity contribution is -0.128. The minimum atomic E-state index is -0.00937. The number of fused-ring (bicyclic) bond motifs is 1. The Balaban J connectivity index is 1.79. The van der Waals surface area contributed by atoms with Crippen LogP contribution in [0.5, 0.6) is 11.5 Å². The van der Waals surface area contributed by atoms with Crippen molar-refractivity contribution >= 4 is 11.8 Å². The molecule has 2 aliphatic rings. The summed E-state index contributed by atoms with van der Waals surface area (Å²) in [6.45, 7) is 7.04. The molecule has 0 spiro atoms. The smallest absolute Gasteiger partial charge is 0.254 e. The van der Waals surface area contributed by atoms with Gasteiger partial charge in [-0.3, -0.25) is 9.59 Å². The van der Waals surface area contributed by atoms with Crippen LogP contribution in [0.3, 0.4) is 0 Å². The Bertz CT molecular complexity index is 629. The molecule has 1 saturated heterocycles. The van der Waals surface area contributed by atoms with E-state index in [4.69, 9.17) is 9.47 Å². The van der Waals surface area contributed by atoms with Crippen LogP contribution in [-0.2, 0) is 4.79 Å². The molecule has 6 nitrogen and oxygen atoms in total. The van der Waals surface area contributed by atoms with Crippen LogP contribution in [-0.4, -0.2) is 61.0 Å². The van der Waals surface area contributed by atoms with Gasteiger partial charge in [-0.15, -0.1) is 0 Å². The number of amides is 2. The summed E-state index contributed by atoms with van der Waals surface area (Å²) in [6, 6.07) is 3.64. The molecule has 0 radical (unpaired) electrons. The fourth-order valence-corrected chi connectivity index (χ4v) is 3.03. The molecule has 6 heteroatoms. The fraction of sp³-hybridized carbons (Fsp3) is 0.529. The van der Waals surface area contributed by atoms with Crippen molar-refractivity contribution < 1.29 is 19.1 Å². The quantitative estimate of drug-likeness (QED) is 0.786. The maximum Gasteiger partial charge on any atom is 0.254 e. The average molecular weight is 318 g/mol. The van der Waals surface area contributed by atoms with Gasteiger partial charge in [0.1, 0.15) is 13.2 Å². The van der Waals surface area contributed by atoms with Crippen molar-refractivity contribution in [2.24, 2.45) is 0 Å². The van der Waals surface area contributed by atoms with E-state index in [1.165, 1.54) is 0 Å². The van der Waals surface area contributed by atoms with Crippen LogP contribution in [0.4, 0.5) is 0 Å². The van der Waals surface area contributed by atoms with E-state index in [2.05, 4.69) is 0 Å². The van der Waals surface area contributed by atoms with E-state index in [1.54, 1.807) is 17.9 Å². The number of benzene rings is 1. The summed E-state index contributed by atoms with van der Waals surface area (Å²) in [7, 11) is 0. The van der Waals surface area contributed by atoms with Gasteiger partial charge < -0.3 is 19.3 Å². The van der Waals surface area contributed by atoms with Gasteiger partial charge in [0.05, 0.1) is 0 Å². The average Bonchev–Trinajstić information content (AvgIpc) is 2.79. The van der Waals surface area contributed by atoms with Crippen molar-refractivity contribution in [2.75, 3.05) is 39.4 Å². The zero-order valence-electron chi connectivity index (χ0n) is 13.6. The molecule has 3 rings (SSSR count). The molecular weight excluding hydrogens is 296 g/mol. The van der Waals surface area contributed by atoms with Crippen LogP contribution in [0.25, 0.3) is 0 Å². The van der Waals surface area contributed by atoms with Crippen LogP contribution in [0, 0.1) is 6.92 Å². The Morgan fingerprint density at radius 3 is 2.26 bits per heavy atom. The van der Waals surface area contributed by atoms with Gasteiger partial charge in [0.15, 0.2) is 11.5 Å². The molecule has 0 saturated carbocycles. The summed E-state index contributed by atoms with van der Waals surface area (Å²) in [5.41, 5.74) is 1.53. The molecule has 1 fully saturated rings. The third-order valence-electron chi connectivity index (χ3n) is 4.35. The first kappa shape index (κ1) is 15.6. The lowest BCUT2D eigenvalue weighted by Gasteiger charge is -2.24. The van der Waals surface area contributed by atoms with Crippen LogP contribution in [0.2, 0.25) is 0 Å². The second kappa shape index (κ2) is 6.48.